The fourth-order valence-electron chi connectivity index (χ4n) is 3.74. The van der Waals surface area contributed by atoms with Crippen LogP contribution in [0, 0.1) is 5.92 Å². The summed E-state index contributed by atoms with van der Waals surface area (Å²) < 4.78 is 12.5. The molecule has 0 unspecified atom stereocenters. The van der Waals surface area contributed by atoms with Crippen LogP contribution in [0.25, 0.3) is 21.8 Å². The highest BCUT2D eigenvalue weighted by Gasteiger charge is 2.14. The molecule has 0 spiro atoms. The Labute approximate surface area is 173 Å². The van der Waals surface area contributed by atoms with Crippen molar-refractivity contribution in [1.82, 2.24) is 15.0 Å². The van der Waals surface area contributed by atoms with Crippen molar-refractivity contribution in [3.05, 3.63) is 49.0 Å². The van der Waals surface area contributed by atoms with Gasteiger partial charge in [0.2, 0.25) is 5.89 Å². The molecule has 0 amide bonds. The lowest BCUT2D eigenvalue weighted by Crippen LogP contribution is -2.16. The maximum absolute atomic E-state index is 6.04. The molecule has 29 heavy (non-hydrogen) atoms. The molecule has 1 N–H and O–H groups in total. The minimum Gasteiger partial charge on any atom is -0.457 e. The number of hydrogen-bond acceptors (Lipinski definition) is 7. The van der Waals surface area contributed by atoms with Crippen molar-refractivity contribution >= 4 is 26.7 Å². The molecule has 0 atom stereocenters. The molecule has 1 aliphatic rings. The summed E-state index contributed by atoms with van der Waals surface area (Å²) in [4.78, 5) is 13.1. The summed E-state index contributed by atoms with van der Waals surface area (Å²) in [6.45, 7) is 1.02. The Morgan fingerprint density at radius 2 is 1.93 bits per heavy atom. The molecule has 148 valence electrons. The van der Waals surface area contributed by atoms with Gasteiger partial charge < -0.3 is 14.5 Å². The number of ether oxygens (including phenoxy) is 1. The van der Waals surface area contributed by atoms with Gasteiger partial charge in [0.1, 0.15) is 23.5 Å². The SMILES string of the molecule is c1cc(Oc2ccc3nc(NCC4CCCCC4)sc3c2)cc(-c2ncco2)n1. The van der Waals surface area contributed by atoms with Gasteiger partial charge in [0.05, 0.1) is 16.4 Å². The van der Waals surface area contributed by atoms with E-state index in [1.54, 1.807) is 23.7 Å². The predicted molar refractivity (Wildman–Crippen MR) is 114 cm³/mol. The highest BCUT2D eigenvalue weighted by Crippen LogP contribution is 2.32. The summed E-state index contributed by atoms with van der Waals surface area (Å²) >= 11 is 1.67. The first-order valence-corrected chi connectivity index (χ1v) is 10.8. The number of nitrogens with one attached hydrogen (secondary N) is 1. The molecule has 4 aromatic rings. The van der Waals surface area contributed by atoms with Crippen molar-refractivity contribution < 1.29 is 9.15 Å². The number of rotatable bonds is 6. The minimum absolute atomic E-state index is 0.474. The Kier molecular flexibility index (Phi) is 5.13. The summed E-state index contributed by atoms with van der Waals surface area (Å²) in [7, 11) is 0. The van der Waals surface area contributed by atoms with Gasteiger partial charge in [-0.2, -0.15) is 0 Å². The lowest BCUT2D eigenvalue weighted by atomic mass is 9.89. The number of thiazole rings is 1. The zero-order valence-corrected chi connectivity index (χ0v) is 16.8. The molecule has 1 aliphatic carbocycles. The summed E-state index contributed by atoms with van der Waals surface area (Å²) in [6, 6.07) is 9.62. The van der Waals surface area contributed by atoms with E-state index in [0.29, 0.717) is 17.3 Å². The monoisotopic (exact) mass is 406 g/mol. The number of hydrogen-bond donors (Lipinski definition) is 1. The number of anilines is 1. The van der Waals surface area contributed by atoms with E-state index in [1.165, 1.54) is 38.4 Å². The Bertz CT molecular complexity index is 1090. The standard InChI is InChI=1S/C22H22N4O2S/c1-2-4-15(5-3-1)14-25-22-26-18-7-6-16(13-20(18)29-22)28-17-8-9-23-19(12-17)21-24-10-11-27-21/h6-13,15H,1-5,14H2,(H,25,26). The molecule has 0 bridgehead atoms. The molecule has 3 aromatic heterocycles. The molecule has 0 aliphatic heterocycles. The van der Waals surface area contributed by atoms with Crippen LogP contribution in [0.4, 0.5) is 5.13 Å². The van der Waals surface area contributed by atoms with Gasteiger partial charge in [0.15, 0.2) is 5.13 Å². The molecule has 1 aromatic carbocycles. The summed E-state index contributed by atoms with van der Waals surface area (Å²) in [5.41, 5.74) is 1.63. The van der Waals surface area contributed by atoms with Gasteiger partial charge in [-0.25, -0.2) is 9.97 Å². The lowest BCUT2D eigenvalue weighted by Gasteiger charge is -2.21. The van der Waals surface area contributed by atoms with Gasteiger partial charge in [-0.1, -0.05) is 30.6 Å². The maximum Gasteiger partial charge on any atom is 0.245 e. The van der Waals surface area contributed by atoms with Gasteiger partial charge in [-0.05, 0) is 37.0 Å². The number of oxazole rings is 1. The Hall–Kier alpha value is -2.93. The van der Waals surface area contributed by atoms with Crippen LogP contribution in [0.1, 0.15) is 32.1 Å². The van der Waals surface area contributed by atoms with Crippen molar-refractivity contribution in [1.29, 1.82) is 0 Å². The fourth-order valence-corrected chi connectivity index (χ4v) is 4.65. The third kappa shape index (κ3) is 4.24. The van der Waals surface area contributed by atoms with Crippen molar-refractivity contribution in [2.24, 2.45) is 5.92 Å². The second-order valence-electron chi connectivity index (χ2n) is 7.35. The predicted octanol–water partition coefficient (Wildman–Crippen LogP) is 6.13. The first kappa shape index (κ1) is 18.1. The van der Waals surface area contributed by atoms with Crippen molar-refractivity contribution in [2.45, 2.75) is 32.1 Å². The van der Waals surface area contributed by atoms with E-state index in [0.717, 1.165) is 33.6 Å². The van der Waals surface area contributed by atoms with Crippen LogP contribution < -0.4 is 10.1 Å². The second kappa shape index (κ2) is 8.21. The summed E-state index contributed by atoms with van der Waals surface area (Å²) in [6.07, 6.45) is 11.6. The zero-order valence-electron chi connectivity index (χ0n) is 16.0. The van der Waals surface area contributed by atoms with Gasteiger partial charge in [-0.15, -0.1) is 0 Å². The largest absolute Gasteiger partial charge is 0.457 e. The van der Waals surface area contributed by atoms with Crippen LogP contribution in [-0.4, -0.2) is 21.5 Å². The number of fused-ring (bicyclic) bond motifs is 1. The number of aromatic nitrogens is 3. The Morgan fingerprint density at radius 1 is 1.03 bits per heavy atom. The van der Waals surface area contributed by atoms with Crippen molar-refractivity contribution in [3.63, 3.8) is 0 Å². The first-order valence-electron chi connectivity index (χ1n) is 10.0. The van der Waals surface area contributed by atoms with Gasteiger partial charge in [0.25, 0.3) is 0 Å². The topological polar surface area (TPSA) is 73.1 Å². The van der Waals surface area contributed by atoms with Crippen LogP contribution in [0.5, 0.6) is 11.5 Å². The van der Waals surface area contributed by atoms with Crippen LogP contribution >= 0.6 is 11.3 Å². The van der Waals surface area contributed by atoms with E-state index in [-0.39, 0.29) is 0 Å². The summed E-state index contributed by atoms with van der Waals surface area (Å²) in [5.74, 6) is 2.71. The van der Waals surface area contributed by atoms with Crippen LogP contribution in [0.3, 0.4) is 0 Å². The highest BCUT2D eigenvalue weighted by molar-refractivity contribution is 7.22. The van der Waals surface area contributed by atoms with E-state index in [1.807, 2.05) is 30.3 Å². The zero-order chi connectivity index (χ0) is 19.5. The Morgan fingerprint density at radius 3 is 2.79 bits per heavy atom. The quantitative estimate of drug-likeness (QED) is 0.415. The Balaban J connectivity index is 1.29. The fraction of sp³-hybridized carbons (Fsp3) is 0.318. The average Bonchev–Trinajstić information content (AvgIpc) is 3.43. The minimum atomic E-state index is 0.474. The molecule has 1 saturated carbocycles. The number of nitrogens with zero attached hydrogens (tertiary/aromatic N) is 3. The third-order valence-corrected chi connectivity index (χ3v) is 6.22. The lowest BCUT2D eigenvalue weighted by molar-refractivity contribution is 0.373. The summed E-state index contributed by atoms with van der Waals surface area (Å²) in [5, 5.41) is 4.52. The van der Waals surface area contributed by atoms with E-state index < -0.39 is 0 Å². The molecular formula is C22H22N4O2S. The van der Waals surface area contributed by atoms with Crippen LogP contribution in [0.2, 0.25) is 0 Å². The maximum atomic E-state index is 6.04. The van der Waals surface area contributed by atoms with E-state index >= 15 is 0 Å². The smallest absolute Gasteiger partial charge is 0.245 e. The van der Waals surface area contributed by atoms with Crippen molar-refractivity contribution in [2.75, 3.05) is 11.9 Å². The number of benzene rings is 1. The van der Waals surface area contributed by atoms with Gasteiger partial charge in [-0.3, -0.25) is 4.98 Å². The van der Waals surface area contributed by atoms with E-state index in [2.05, 4.69) is 15.3 Å². The van der Waals surface area contributed by atoms with Crippen LogP contribution in [-0.2, 0) is 0 Å². The molecule has 7 heteroatoms. The highest BCUT2D eigenvalue weighted by atomic mass is 32.1. The molecular weight excluding hydrogens is 384 g/mol. The number of pyridine rings is 1. The molecule has 1 fully saturated rings. The van der Waals surface area contributed by atoms with Gasteiger partial charge >= 0.3 is 0 Å². The normalized spacial score (nSPS) is 14.9. The first-order chi connectivity index (χ1) is 14.3. The van der Waals surface area contributed by atoms with Crippen molar-refractivity contribution in [3.8, 4) is 23.1 Å². The average molecular weight is 407 g/mol. The molecule has 3 heterocycles. The van der Waals surface area contributed by atoms with Crippen LogP contribution in [0.15, 0.2) is 53.4 Å². The molecule has 0 saturated heterocycles. The third-order valence-electron chi connectivity index (χ3n) is 5.25. The molecule has 5 rings (SSSR count). The molecule has 0 radical (unpaired) electrons. The van der Waals surface area contributed by atoms with E-state index in [9.17, 15) is 0 Å². The second-order valence-corrected chi connectivity index (χ2v) is 8.38. The molecule has 6 nitrogen and oxygen atoms in total. The van der Waals surface area contributed by atoms with E-state index in [4.69, 9.17) is 14.1 Å². The van der Waals surface area contributed by atoms with Gasteiger partial charge in [0, 0.05) is 24.9 Å².